The predicted octanol–water partition coefficient (Wildman–Crippen LogP) is 1.46. The average Bonchev–Trinajstić information content (AvgIpc) is 2.35. The first kappa shape index (κ1) is 12.5. The number of aliphatic carboxylic acids is 1. The number of hydrogen-bond acceptors (Lipinski definition) is 4. The highest BCUT2D eigenvalue weighted by atomic mass is 16.5. The number of methoxy groups -OCH3 is 1. The van der Waals surface area contributed by atoms with E-state index in [1.54, 1.807) is 6.07 Å². The maximum absolute atomic E-state index is 11.1. The number of ether oxygens (including phenoxy) is 1. The molecule has 0 aromatic heterocycles. The van der Waals surface area contributed by atoms with Gasteiger partial charge in [-0.05, 0) is 23.8 Å². The monoisotopic (exact) mass is 231 g/mol. The van der Waals surface area contributed by atoms with Crippen molar-refractivity contribution in [3.63, 3.8) is 0 Å². The molecule has 0 radical (unpaired) electrons. The summed E-state index contributed by atoms with van der Waals surface area (Å²) in [6, 6.07) is 7.63. The van der Waals surface area contributed by atoms with E-state index in [-0.39, 0.29) is 5.57 Å². The van der Waals surface area contributed by atoms with E-state index in [0.717, 1.165) is 0 Å². The lowest BCUT2D eigenvalue weighted by Gasteiger charge is -1.99. The molecule has 5 heteroatoms. The molecule has 1 aromatic rings. The SMILES string of the molecule is COC(=O)c1ccc(/C=C(\C#N)C(=O)O)cc1. The van der Waals surface area contributed by atoms with Crippen molar-refractivity contribution < 1.29 is 19.4 Å². The van der Waals surface area contributed by atoms with Gasteiger partial charge in [-0.3, -0.25) is 0 Å². The Labute approximate surface area is 97.6 Å². The van der Waals surface area contributed by atoms with Crippen LogP contribution >= 0.6 is 0 Å². The van der Waals surface area contributed by atoms with Crippen LogP contribution in [0, 0.1) is 11.3 Å². The van der Waals surface area contributed by atoms with Crippen LogP contribution in [0.15, 0.2) is 29.8 Å². The van der Waals surface area contributed by atoms with Crippen LogP contribution < -0.4 is 0 Å². The zero-order valence-electron chi connectivity index (χ0n) is 9.01. The predicted molar refractivity (Wildman–Crippen MR) is 59.0 cm³/mol. The highest BCUT2D eigenvalue weighted by Gasteiger charge is 2.07. The fourth-order valence-electron chi connectivity index (χ4n) is 1.14. The molecule has 0 saturated heterocycles. The molecule has 0 heterocycles. The minimum Gasteiger partial charge on any atom is -0.477 e. The lowest BCUT2D eigenvalue weighted by Crippen LogP contribution is -2.00. The van der Waals surface area contributed by atoms with Crippen molar-refractivity contribution in [2.75, 3.05) is 7.11 Å². The highest BCUT2D eigenvalue weighted by molar-refractivity contribution is 5.96. The van der Waals surface area contributed by atoms with E-state index in [1.165, 1.54) is 37.5 Å². The number of carbonyl (C=O) groups excluding carboxylic acids is 1. The molecule has 0 amide bonds. The number of carboxylic acids is 1. The number of rotatable bonds is 3. The lowest BCUT2D eigenvalue weighted by molar-refractivity contribution is -0.132. The number of carbonyl (C=O) groups is 2. The van der Waals surface area contributed by atoms with Gasteiger partial charge in [0.25, 0.3) is 0 Å². The maximum atomic E-state index is 11.1. The summed E-state index contributed by atoms with van der Waals surface area (Å²) in [4.78, 5) is 21.7. The van der Waals surface area contributed by atoms with Crippen molar-refractivity contribution in [3.8, 4) is 6.07 Å². The van der Waals surface area contributed by atoms with Gasteiger partial charge in [-0.15, -0.1) is 0 Å². The smallest absolute Gasteiger partial charge is 0.346 e. The summed E-state index contributed by atoms with van der Waals surface area (Å²) >= 11 is 0. The van der Waals surface area contributed by atoms with Gasteiger partial charge in [0.2, 0.25) is 0 Å². The van der Waals surface area contributed by atoms with Crippen molar-refractivity contribution in [2.24, 2.45) is 0 Å². The van der Waals surface area contributed by atoms with Crippen LogP contribution in [0.3, 0.4) is 0 Å². The molecule has 0 aliphatic heterocycles. The molecule has 1 N–H and O–H groups in total. The minimum atomic E-state index is -1.29. The fourth-order valence-corrected chi connectivity index (χ4v) is 1.14. The lowest BCUT2D eigenvalue weighted by atomic mass is 10.1. The highest BCUT2D eigenvalue weighted by Crippen LogP contribution is 2.09. The molecule has 0 unspecified atom stereocenters. The van der Waals surface area contributed by atoms with Gasteiger partial charge in [0, 0.05) is 0 Å². The Balaban J connectivity index is 3.00. The summed E-state index contributed by atoms with van der Waals surface area (Å²) in [5.74, 6) is -1.76. The van der Waals surface area contributed by atoms with Crippen LogP contribution in [0.2, 0.25) is 0 Å². The summed E-state index contributed by atoms with van der Waals surface area (Å²) in [6.07, 6.45) is 1.23. The Bertz CT molecular complexity index is 508. The van der Waals surface area contributed by atoms with Gasteiger partial charge in [-0.2, -0.15) is 5.26 Å². The van der Waals surface area contributed by atoms with Crippen molar-refractivity contribution in [1.82, 2.24) is 0 Å². The standard InChI is InChI=1S/C12H9NO4/c1-17-12(16)9-4-2-8(3-5-9)6-10(7-13)11(14)15/h2-6H,1H3,(H,14,15)/b10-6+. The third-order valence-electron chi connectivity index (χ3n) is 1.99. The second-order valence-corrected chi connectivity index (χ2v) is 3.09. The Kier molecular flexibility index (Phi) is 4.01. The molecule has 1 rings (SSSR count). The molecule has 5 nitrogen and oxygen atoms in total. The molecule has 0 fully saturated rings. The van der Waals surface area contributed by atoms with Gasteiger partial charge in [-0.25, -0.2) is 9.59 Å². The largest absolute Gasteiger partial charge is 0.477 e. The van der Waals surface area contributed by atoms with Crippen molar-refractivity contribution in [1.29, 1.82) is 5.26 Å². The normalized spacial score (nSPS) is 10.5. The molecular weight excluding hydrogens is 222 g/mol. The zero-order valence-corrected chi connectivity index (χ0v) is 9.01. The number of esters is 1. The molecule has 0 bridgehead atoms. The molecule has 0 saturated carbocycles. The van der Waals surface area contributed by atoms with Gasteiger partial charge < -0.3 is 9.84 Å². The molecule has 0 spiro atoms. The Morgan fingerprint density at radius 2 is 1.94 bits per heavy atom. The van der Waals surface area contributed by atoms with E-state index in [4.69, 9.17) is 10.4 Å². The Hall–Kier alpha value is -2.61. The van der Waals surface area contributed by atoms with E-state index in [1.807, 2.05) is 0 Å². The first-order valence-corrected chi connectivity index (χ1v) is 4.62. The number of benzene rings is 1. The first-order valence-electron chi connectivity index (χ1n) is 4.62. The number of nitriles is 1. The number of hydrogen-bond donors (Lipinski definition) is 1. The van der Waals surface area contributed by atoms with Crippen LogP contribution in [0.5, 0.6) is 0 Å². The topological polar surface area (TPSA) is 87.4 Å². The average molecular weight is 231 g/mol. The van der Waals surface area contributed by atoms with E-state index in [2.05, 4.69) is 4.74 Å². The second kappa shape index (κ2) is 5.47. The molecular formula is C12H9NO4. The van der Waals surface area contributed by atoms with Crippen LogP contribution in [0.25, 0.3) is 6.08 Å². The summed E-state index contributed by atoms with van der Waals surface area (Å²) in [5.41, 5.74) is 0.519. The van der Waals surface area contributed by atoms with E-state index < -0.39 is 11.9 Å². The van der Waals surface area contributed by atoms with Crippen LogP contribution in [0.4, 0.5) is 0 Å². The Morgan fingerprint density at radius 1 is 1.35 bits per heavy atom. The van der Waals surface area contributed by atoms with Crippen LogP contribution in [-0.2, 0) is 9.53 Å². The third kappa shape index (κ3) is 3.18. The zero-order chi connectivity index (χ0) is 12.8. The van der Waals surface area contributed by atoms with Crippen molar-refractivity contribution >= 4 is 18.0 Å². The third-order valence-corrected chi connectivity index (χ3v) is 1.99. The van der Waals surface area contributed by atoms with Crippen LogP contribution in [-0.4, -0.2) is 24.2 Å². The van der Waals surface area contributed by atoms with Gasteiger partial charge in [0.05, 0.1) is 12.7 Å². The van der Waals surface area contributed by atoms with Crippen molar-refractivity contribution in [2.45, 2.75) is 0 Å². The molecule has 0 aliphatic carbocycles. The molecule has 0 atom stereocenters. The van der Waals surface area contributed by atoms with E-state index in [0.29, 0.717) is 11.1 Å². The number of carboxylic acid groups (broad SMARTS) is 1. The summed E-state index contributed by atoms with van der Waals surface area (Å²) in [6.45, 7) is 0. The second-order valence-electron chi connectivity index (χ2n) is 3.09. The minimum absolute atomic E-state index is 0.360. The quantitative estimate of drug-likeness (QED) is 0.483. The van der Waals surface area contributed by atoms with E-state index >= 15 is 0 Å². The van der Waals surface area contributed by atoms with Crippen LogP contribution in [0.1, 0.15) is 15.9 Å². The summed E-state index contributed by atoms with van der Waals surface area (Å²) < 4.78 is 4.52. The fraction of sp³-hybridized carbons (Fsp3) is 0.0833. The summed E-state index contributed by atoms with van der Waals surface area (Å²) in [5, 5.41) is 17.2. The van der Waals surface area contributed by atoms with Gasteiger partial charge in [-0.1, -0.05) is 12.1 Å². The summed E-state index contributed by atoms with van der Waals surface area (Å²) in [7, 11) is 1.27. The van der Waals surface area contributed by atoms with Crippen molar-refractivity contribution in [3.05, 3.63) is 41.0 Å². The van der Waals surface area contributed by atoms with Gasteiger partial charge in [0.15, 0.2) is 0 Å². The maximum Gasteiger partial charge on any atom is 0.346 e. The van der Waals surface area contributed by atoms with Gasteiger partial charge >= 0.3 is 11.9 Å². The molecule has 86 valence electrons. The van der Waals surface area contributed by atoms with Gasteiger partial charge in [0.1, 0.15) is 11.6 Å². The van der Waals surface area contributed by atoms with E-state index in [9.17, 15) is 9.59 Å². The molecule has 1 aromatic carbocycles. The Morgan fingerprint density at radius 3 is 2.35 bits per heavy atom. The molecule has 17 heavy (non-hydrogen) atoms. The molecule has 0 aliphatic rings. The number of nitrogens with zero attached hydrogens (tertiary/aromatic N) is 1. The first-order chi connectivity index (χ1) is 8.08.